The number of piperazine rings is 1. The van der Waals surface area contributed by atoms with Crippen LogP contribution in [0, 0.1) is 5.82 Å². The number of hydrogen-bond donors (Lipinski definition) is 2. The van der Waals surface area contributed by atoms with E-state index < -0.39 is 44.6 Å². The molecule has 4 rings (SSSR count). The SMILES string of the molecule is C[C@@H]1CN(c2cc(F)c(C3=CCN(S(C)(=O)=O)CC3)cc2NC(=O)c2c[nH]c(=O)cc2C(F)(F)F)C[C@H](C)N1C. The normalized spacial score (nSPS) is 21.3. The van der Waals surface area contributed by atoms with E-state index in [1.54, 1.807) is 6.08 Å². The van der Waals surface area contributed by atoms with Gasteiger partial charge in [0.1, 0.15) is 5.82 Å². The number of halogens is 4. The first-order valence-electron chi connectivity index (χ1n) is 12.6. The van der Waals surface area contributed by atoms with Crippen LogP contribution in [0.5, 0.6) is 0 Å². The summed E-state index contributed by atoms with van der Waals surface area (Å²) in [4.78, 5) is 30.9. The second kappa shape index (κ2) is 11.0. The Morgan fingerprint density at radius 1 is 1.12 bits per heavy atom. The zero-order valence-electron chi connectivity index (χ0n) is 22.5. The van der Waals surface area contributed by atoms with Crippen molar-refractivity contribution in [2.24, 2.45) is 0 Å². The number of amides is 1. The number of pyridine rings is 1. The van der Waals surface area contributed by atoms with Gasteiger partial charge in [-0.05, 0) is 45.0 Å². The molecule has 2 atom stereocenters. The lowest BCUT2D eigenvalue weighted by atomic mass is 9.97. The Labute approximate surface area is 229 Å². The smallest absolute Gasteiger partial charge is 0.367 e. The van der Waals surface area contributed by atoms with Gasteiger partial charge in [0.15, 0.2) is 0 Å². The average molecular weight is 586 g/mol. The molecule has 14 heteroatoms. The summed E-state index contributed by atoms with van der Waals surface area (Å²) in [5, 5.41) is 2.52. The number of carbonyl (C=O) groups excluding carboxylic acids is 1. The number of likely N-dealkylation sites (N-methyl/N-ethyl adjacent to an activating group) is 1. The standard InChI is InChI=1S/C26H31F4N5O4S/c1-15-13-34(14-16(2)33(15)3)23-11-21(27)18(17-5-7-35(8-6-17)40(4,38)39)9-22(23)32-25(37)19-12-31-24(36)10-20(19)26(28,29)30/h5,9-12,15-16H,6-8,13-14H2,1-4H3,(H,31,36)(H,32,37)/t15-,16+. The van der Waals surface area contributed by atoms with E-state index in [0.29, 0.717) is 36.6 Å². The predicted molar refractivity (Wildman–Crippen MR) is 144 cm³/mol. The predicted octanol–water partition coefficient (Wildman–Crippen LogP) is 3.36. The highest BCUT2D eigenvalue weighted by molar-refractivity contribution is 7.88. The monoisotopic (exact) mass is 585 g/mol. The van der Waals surface area contributed by atoms with E-state index in [9.17, 15) is 31.2 Å². The molecule has 218 valence electrons. The van der Waals surface area contributed by atoms with E-state index in [2.05, 4.69) is 15.2 Å². The van der Waals surface area contributed by atoms with Crippen LogP contribution in [-0.2, 0) is 16.2 Å². The first-order chi connectivity index (χ1) is 18.6. The van der Waals surface area contributed by atoms with Crippen molar-refractivity contribution in [2.75, 3.05) is 49.7 Å². The maximum atomic E-state index is 15.6. The molecule has 1 aromatic heterocycles. The van der Waals surface area contributed by atoms with Gasteiger partial charge in [0.2, 0.25) is 15.6 Å². The van der Waals surface area contributed by atoms with Gasteiger partial charge in [-0.15, -0.1) is 0 Å². The number of sulfonamides is 1. The highest BCUT2D eigenvalue weighted by Crippen LogP contribution is 2.37. The van der Waals surface area contributed by atoms with Crippen molar-refractivity contribution in [3.05, 3.63) is 63.3 Å². The quantitative estimate of drug-likeness (QED) is 0.522. The van der Waals surface area contributed by atoms with Crippen molar-refractivity contribution in [3.8, 4) is 0 Å². The Balaban J connectivity index is 1.78. The topological polar surface area (TPSA) is 106 Å². The van der Waals surface area contributed by atoms with Gasteiger partial charge in [0, 0.05) is 56.1 Å². The van der Waals surface area contributed by atoms with Crippen molar-refractivity contribution < 1.29 is 30.8 Å². The van der Waals surface area contributed by atoms with Gasteiger partial charge in [0.05, 0.1) is 28.8 Å². The second-order valence-electron chi connectivity index (χ2n) is 10.3. The summed E-state index contributed by atoms with van der Waals surface area (Å²) in [6, 6.07) is 3.06. The summed E-state index contributed by atoms with van der Waals surface area (Å²) in [5.74, 6) is -1.73. The van der Waals surface area contributed by atoms with Crippen molar-refractivity contribution in [3.63, 3.8) is 0 Å². The van der Waals surface area contributed by atoms with Gasteiger partial charge in [0.25, 0.3) is 5.91 Å². The largest absolute Gasteiger partial charge is 0.417 e. The van der Waals surface area contributed by atoms with E-state index in [4.69, 9.17) is 0 Å². The van der Waals surface area contributed by atoms with Crippen LogP contribution in [0.25, 0.3) is 5.57 Å². The number of aromatic amines is 1. The van der Waals surface area contributed by atoms with Crippen LogP contribution in [0.4, 0.5) is 28.9 Å². The van der Waals surface area contributed by atoms with Gasteiger partial charge in [-0.2, -0.15) is 17.5 Å². The molecule has 3 heterocycles. The van der Waals surface area contributed by atoms with Gasteiger partial charge in [-0.25, -0.2) is 12.8 Å². The molecule has 0 aliphatic carbocycles. The second-order valence-corrected chi connectivity index (χ2v) is 12.3. The molecule has 40 heavy (non-hydrogen) atoms. The molecule has 2 aliphatic rings. The number of nitrogens with zero attached hydrogens (tertiary/aromatic N) is 3. The number of alkyl halides is 3. The van der Waals surface area contributed by atoms with Crippen molar-refractivity contribution in [1.29, 1.82) is 0 Å². The molecule has 9 nitrogen and oxygen atoms in total. The third-order valence-electron chi connectivity index (χ3n) is 7.50. The van der Waals surface area contributed by atoms with Crippen LogP contribution < -0.4 is 15.8 Å². The lowest BCUT2D eigenvalue weighted by Gasteiger charge is -2.44. The molecule has 0 saturated carbocycles. The molecular weight excluding hydrogens is 554 g/mol. The summed E-state index contributed by atoms with van der Waals surface area (Å²) in [6.07, 6.45) is -1.39. The first kappa shape index (κ1) is 29.7. The van der Waals surface area contributed by atoms with Crippen molar-refractivity contribution >= 4 is 32.9 Å². The minimum absolute atomic E-state index is 0.0386. The number of rotatable bonds is 5. The molecule has 1 amide bonds. The molecule has 1 fully saturated rings. The molecule has 0 spiro atoms. The molecule has 2 N–H and O–H groups in total. The minimum atomic E-state index is -4.96. The minimum Gasteiger partial charge on any atom is -0.367 e. The molecule has 1 saturated heterocycles. The van der Waals surface area contributed by atoms with E-state index in [1.165, 1.54) is 16.4 Å². The number of benzene rings is 1. The number of hydrogen-bond acceptors (Lipinski definition) is 6. The molecule has 2 aromatic rings. The molecule has 0 radical (unpaired) electrons. The lowest BCUT2D eigenvalue weighted by Crippen LogP contribution is -2.55. The Morgan fingerprint density at radius 2 is 1.77 bits per heavy atom. The Morgan fingerprint density at radius 3 is 2.33 bits per heavy atom. The first-order valence-corrected chi connectivity index (χ1v) is 14.5. The van der Waals surface area contributed by atoms with E-state index in [1.807, 2.05) is 25.8 Å². The van der Waals surface area contributed by atoms with Crippen LogP contribution in [0.2, 0.25) is 0 Å². The Bertz CT molecular complexity index is 1490. The fourth-order valence-electron chi connectivity index (χ4n) is 5.05. The molecule has 0 bridgehead atoms. The summed E-state index contributed by atoms with van der Waals surface area (Å²) in [5.41, 5.74) is -2.18. The maximum absolute atomic E-state index is 15.6. The summed E-state index contributed by atoms with van der Waals surface area (Å²) < 4.78 is 81.5. The van der Waals surface area contributed by atoms with Crippen molar-refractivity contribution in [1.82, 2.24) is 14.2 Å². The highest BCUT2D eigenvalue weighted by atomic mass is 32.2. The zero-order chi connectivity index (χ0) is 29.6. The maximum Gasteiger partial charge on any atom is 0.417 e. The van der Waals surface area contributed by atoms with Crippen LogP contribution in [0.1, 0.15) is 41.8 Å². The van der Waals surface area contributed by atoms with Crippen LogP contribution >= 0.6 is 0 Å². The Kier molecular flexibility index (Phi) is 8.16. The number of nitrogens with one attached hydrogen (secondary N) is 2. The number of aromatic nitrogens is 1. The number of anilines is 2. The van der Waals surface area contributed by atoms with Crippen LogP contribution in [0.15, 0.2) is 35.3 Å². The lowest BCUT2D eigenvalue weighted by molar-refractivity contribution is -0.138. The zero-order valence-corrected chi connectivity index (χ0v) is 23.3. The number of H-pyrrole nitrogens is 1. The van der Waals surface area contributed by atoms with Gasteiger partial charge >= 0.3 is 6.18 Å². The van der Waals surface area contributed by atoms with E-state index >= 15 is 4.39 Å². The molecule has 1 aromatic carbocycles. The fourth-order valence-corrected chi connectivity index (χ4v) is 5.82. The van der Waals surface area contributed by atoms with Gasteiger partial charge in [-0.3, -0.25) is 14.5 Å². The third-order valence-corrected chi connectivity index (χ3v) is 8.76. The summed E-state index contributed by atoms with van der Waals surface area (Å²) in [6.45, 7) is 5.09. The van der Waals surface area contributed by atoms with Gasteiger partial charge in [-0.1, -0.05) is 6.08 Å². The fraction of sp³-hybridized carbons (Fsp3) is 0.462. The number of carbonyl (C=O) groups is 1. The van der Waals surface area contributed by atoms with Crippen molar-refractivity contribution in [2.45, 2.75) is 38.5 Å². The van der Waals surface area contributed by atoms with E-state index in [0.717, 1.165) is 6.26 Å². The Hall–Kier alpha value is -3.23. The van der Waals surface area contributed by atoms with Gasteiger partial charge < -0.3 is 15.2 Å². The molecule has 0 unspecified atom stereocenters. The molecule has 2 aliphatic heterocycles. The van der Waals surface area contributed by atoms with E-state index in [-0.39, 0.29) is 42.8 Å². The highest BCUT2D eigenvalue weighted by Gasteiger charge is 2.36. The van der Waals surface area contributed by atoms with Crippen LogP contribution in [-0.4, -0.2) is 80.1 Å². The summed E-state index contributed by atoms with van der Waals surface area (Å²) in [7, 11) is -1.48. The third kappa shape index (κ3) is 6.23. The average Bonchev–Trinajstić information content (AvgIpc) is 2.86. The summed E-state index contributed by atoms with van der Waals surface area (Å²) >= 11 is 0. The molecular formula is C26H31F4N5O4S. The van der Waals surface area contributed by atoms with Crippen LogP contribution in [0.3, 0.4) is 0 Å².